The molecule has 3 aromatic rings. The van der Waals surface area contributed by atoms with Gasteiger partial charge in [0.25, 0.3) is 0 Å². The van der Waals surface area contributed by atoms with Gasteiger partial charge >= 0.3 is 0 Å². The standard InChI is InChI=1S/C13H7ClF2N2S/c14-7-5-12-10(6-9(7)16)17-13(19)18(12)11-4-2-1-3-8(11)15/h1-6H,(H,17,19). The number of imidazole rings is 1. The molecule has 96 valence electrons. The fourth-order valence-electron chi connectivity index (χ4n) is 1.97. The average Bonchev–Trinajstić information content (AvgIpc) is 2.66. The predicted octanol–water partition coefficient (Wildman–Crippen LogP) is 4.62. The Hall–Kier alpha value is -1.72. The molecule has 0 bridgehead atoms. The Morgan fingerprint density at radius 2 is 1.84 bits per heavy atom. The van der Waals surface area contributed by atoms with Crippen LogP contribution in [0.1, 0.15) is 0 Å². The van der Waals surface area contributed by atoms with E-state index in [0.717, 1.165) is 0 Å². The largest absolute Gasteiger partial charge is 0.330 e. The second-order valence-electron chi connectivity index (χ2n) is 4.00. The molecule has 0 saturated heterocycles. The number of rotatable bonds is 1. The molecule has 0 amide bonds. The van der Waals surface area contributed by atoms with Crippen LogP contribution in [0, 0.1) is 16.4 Å². The Morgan fingerprint density at radius 3 is 2.58 bits per heavy atom. The fourth-order valence-corrected chi connectivity index (χ4v) is 2.44. The molecular formula is C13H7ClF2N2S. The lowest BCUT2D eigenvalue weighted by molar-refractivity contribution is 0.619. The molecule has 19 heavy (non-hydrogen) atoms. The smallest absolute Gasteiger partial charge is 0.182 e. The second-order valence-corrected chi connectivity index (χ2v) is 4.79. The van der Waals surface area contributed by atoms with Gasteiger partial charge in [0.05, 0.1) is 21.7 Å². The van der Waals surface area contributed by atoms with E-state index in [1.807, 2.05) is 0 Å². The molecular weight excluding hydrogens is 290 g/mol. The molecule has 1 heterocycles. The highest BCUT2D eigenvalue weighted by molar-refractivity contribution is 7.71. The van der Waals surface area contributed by atoms with Crippen molar-refractivity contribution in [2.75, 3.05) is 0 Å². The third-order valence-corrected chi connectivity index (χ3v) is 3.39. The SMILES string of the molecule is Fc1cc2[nH]c(=S)n(-c3ccccc3F)c2cc1Cl. The van der Waals surface area contributed by atoms with Crippen molar-refractivity contribution in [2.24, 2.45) is 0 Å². The van der Waals surface area contributed by atoms with E-state index >= 15 is 0 Å². The van der Waals surface area contributed by atoms with Crippen molar-refractivity contribution in [1.29, 1.82) is 0 Å². The minimum Gasteiger partial charge on any atom is -0.330 e. The number of nitrogens with one attached hydrogen (secondary N) is 1. The zero-order chi connectivity index (χ0) is 13.6. The Bertz CT molecular complexity index is 838. The molecule has 0 aliphatic rings. The van der Waals surface area contributed by atoms with Crippen LogP contribution in [0.15, 0.2) is 36.4 Å². The molecule has 0 saturated carbocycles. The number of aromatic nitrogens is 2. The van der Waals surface area contributed by atoms with Gasteiger partial charge in [-0.05, 0) is 30.4 Å². The lowest BCUT2D eigenvalue weighted by atomic mass is 10.2. The van der Waals surface area contributed by atoms with Gasteiger partial charge in [-0.2, -0.15) is 0 Å². The minimum atomic E-state index is -0.550. The van der Waals surface area contributed by atoms with Gasteiger partial charge in [0.15, 0.2) is 4.77 Å². The van der Waals surface area contributed by atoms with E-state index in [4.69, 9.17) is 23.8 Å². The van der Waals surface area contributed by atoms with Crippen LogP contribution in [0.5, 0.6) is 0 Å². The molecule has 0 aliphatic carbocycles. The monoisotopic (exact) mass is 296 g/mol. The van der Waals surface area contributed by atoms with Crippen LogP contribution in [-0.4, -0.2) is 9.55 Å². The van der Waals surface area contributed by atoms with Crippen LogP contribution in [-0.2, 0) is 0 Å². The summed E-state index contributed by atoms with van der Waals surface area (Å²) in [5.74, 6) is -0.967. The topological polar surface area (TPSA) is 20.7 Å². The van der Waals surface area contributed by atoms with E-state index in [1.54, 1.807) is 18.2 Å². The van der Waals surface area contributed by atoms with Gasteiger partial charge in [-0.3, -0.25) is 4.57 Å². The van der Waals surface area contributed by atoms with E-state index in [-0.39, 0.29) is 9.79 Å². The minimum absolute atomic E-state index is 0.0356. The maximum atomic E-state index is 13.9. The maximum absolute atomic E-state index is 13.9. The quantitative estimate of drug-likeness (QED) is 0.650. The lowest BCUT2D eigenvalue weighted by Gasteiger charge is -2.06. The first-order chi connectivity index (χ1) is 9.08. The first-order valence-electron chi connectivity index (χ1n) is 5.42. The molecule has 0 unspecified atom stereocenters. The highest BCUT2D eigenvalue weighted by atomic mass is 35.5. The third kappa shape index (κ3) is 1.95. The average molecular weight is 297 g/mol. The van der Waals surface area contributed by atoms with Crippen LogP contribution >= 0.6 is 23.8 Å². The summed E-state index contributed by atoms with van der Waals surface area (Å²) >= 11 is 10.9. The van der Waals surface area contributed by atoms with Crippen LogP contribution in [0.2, 0.25) is 5.02 Å². The highest BCUT2D eigenvalue weighted by Gasteiger charge is 2.12. The molecule has 0 atom stereocenters. The number of fused-ring (bicyclic) bond motifs is 1. The van der Waals surface area contributed by atoms with Crippen molar-refractivity contribution in [3.8, 4) is 5.69 Å². The number of para-hydroxylation sites is 1. The van der Waals surface area contributed by atoms with Crippen LogP contribution < -0.4 is 0 Å². The van der Waals surface area contributed by atoms with Gasteiger partial charge in [0.1, 0.15) is 11.6 Å². The van der Waals surface area contributed by atoms with Gasteiger partial charge in [0, 0.05) is 6.07 Å². The van der Waals surface area contributed by atoms with E-state index in [1.165, 1.54) is 22.8 Å². The van der Waals surface area contributed by atoms with Crippen LogP contribution in [0.4, 0.5) is 8.78 Å². The number of hydrogen-bond donors (Lipinski definition) is 1. The normalized spacial score (nSPS) is 11.1. The molecule has 3 rings (SSSR count). The Kier molecular flexibility index (Phi) is 2.88. The Morgan fingerprint density at radius 1 is 1.11 bits per heavy atom. The van der Waals surface area contributed by atoms with Crippen LogP contribution in [0.25, 0.3) is 16.7 Å². The number of nitrogens with zero attached hydrogens (tertiary/aromatic N) is 1. The Balaban J connectivity index is 2.42. The summed E-state index contributed by atoms with van der Waals surface area (Å²) in [4.78, 5) is 2.83. The van der Waals surface area contributed by atoms with Gasteiger partial charge in [0.2, 0.25) is 0 Å². The predicted molar refractivity (Wildman–Crippen MR) is 73.4 cm³/mol. The summed E-state index contributed by atoms with van der Waals surface area (Å²) in [6, 6.07) is 8.88. The summed E-state index contributed by atoms with van der Waals surface area (Å²) in [7, 11) is 0. The van der Waals surface area contributed by atoms with Crippen molar-refractivity contribution in [1.82, 2.24) is 9.55 Å². The van der Waals surface area contributed by atoms with Crippen molar-refractivity contribution >= 4 is 34.9 Å². The molecule has 0 radical (unpaired) electrons. The molecule has 1 aromatic heterocycles. The van der Waals surface area contributed by atoms with Gasteiger partial charge in [-0.25, -0.2) is 8.78 Å². The van der Waals surface area contributed by atoms with E-state index < -0.39 is 11.6 Å². The molecule has 6 heteroatoms. The van der Waals surface area contributed by atoms with Crippen LogP contribution in [0.3, 0.4) is 0 Å². The molecule has 0 aliphatic heterocycles. The molecule has 2 aromatic carbocycles. The summed E-state index contributed by atoms with van der Waals surface area (Å²) in [5, 5.41) is -0.0356. The summed E-state index contributed by atoms with van der Waals surface area (Å²) in [5.41, 5.74) is 1.29. The van der Waals surface area contributed by atoms with E-state index in [0.29, 0.717) is 16.7 Å². The fraction of sp³-hybridized carbons (Fsp3) is 0. The van der Waals surface area contributed by atoms with Crippen molar-refractivity contribution in [3.63, 3.8) is 0 Å². The van der Waals surface area contributed by atoms with Crippen molar-refractivity contribution < 1.29 is 8.78 Å². The molecule has 2 nitrogen and oxygen atoms in total. The molecule has 0 spiro atoms. The van der Waals surface area contributed by atoms with Gasteiger partial charge in [-0.1, -0.05) is 23.7 Å². The summed E-state index contributed by atoms with van der Waals surface area (Å²) in [6.45, 7) is 0. The van der Waals surface area contributed by atoms with Crippen molar-refractivity contribution in [2.45, 2.75) is 0 Å². The second kappa shape index (κ2) is 4.43. The first kappa shape index (κ1) is 12.3. The molecule has 0 fully saturated rings. The van der Waals surface area contributed by atoms with E-state index in [9.17, 15) is 8.78 Å². The molecule has 1 N–H and O–H groups in total. The number of halogens is 3. The zero-order valence-corrected chi connectivity index (χ0v) is 11.0. The number of H-pyrrole nitrogens is 1. The maximum Gasteiger partial charge on any atom is 0.182 e. The van der Waals surface area contributed by atoms with Gasteiger partial charge in [-0.15, -0.1) is 0 Å². The zero-order valence-electron chi connectivity index (χ0n) is 9.45. The Labute approximate surface area is 117 Å². The number of aromatic amines is 1. The van der Waals surface area contributed by atoms with Crippen molar-refractivity contribution in [3.05, 3.63) is 57.8 Å². The highest BCUT2D eigenvalue weighted by Crippen LogP contribution is 2.26. The third-order valence-electron chi connectivity index (χ3n) is 2.82. The van der Waals surface area contributed by atoms with E-state index in [2.05, 4.69) is 4.98 Å². The lowest BCUT2D eigenvalue weighted by Crippen LogP contribution is -1.97. The van der Waals surface area contributed by atoms with Gasteiger partial charge < -0.3 is 4.98 Å². The number of hydrogen-bond acceptors (Lipinski definition) is 1. The summed E-state index contributed by atoms with van der Waals surface area (Å²) in [6.07, 6.45) is 0. The first-order valence-corrected chi connectivity index (χ1v) is 6.21. The number of benzene rings is 2. The summed E-state index contributed by atoms with van der Waals surface area (Å²) < 4.78 is 29.0.